The highest BCUT2D eigenvalue weighted by Crippen LogP contribution is 2.12. The lowest BCUT2D eigenvalue weighted by Crippen LogP contribution is -2.36. The molecule has 2 heterocycles. The molecule has 0 radical (unpaired) electrons. The first-order valence-electron chi connectivity index (χ1n) is 5.03. The summed E-state index contributed by atoms with van der Waals surface area (Å²) in [5.74, 6) is 0.0562. The second-order valence-electron chi connectivity index (χ2n) is 3.48. The molecule has 0 saturated carbocycles. The van der Waals surface area contributed by atoms with E-state index in [1.165, 1.54) is 0 Å². The molecule has 2 N–H and O–H groups in total. The van der Waals surface area contributed by atoms with Gasteiger partial charge in [-0.05, 0) is 23.7 Å². The molecule has 1 aliphatic rings. The fourth-order valence-corrected chi connectivity index (χ4v) is 1.52. The summed E-state index contributed by atoms with van der Waals surface area (Å²) >= 11 is 5.59. The molecule has 0 atom stereocenters. The summed E-state index contributed by atoms with van der Waals surface area (Å²) in [6.45, 7) is 0.235. The Labute approximate surface area is 102 Å². The van der Waals surface area contributed by atoms with E-state index >= 15 is 0 Å². The van der Waals surface area contributed by atoms with Crippen molar-refractivity contribution in [3.05, 3.63) is 23.1 Å². The van der Waals surface area contributed by atoms with Crippen LogP contribution in [0.5, 0.6) is 0 Å². The molecule has 0 aromatic carbocycles. The molecule has 6 nitrogen and oxygen atoms in total. The lowest BCUT2D eigenvalue weighted by molar-refractivity contribution is -0.121. The topological polar surface area (TPSA) is 83.7 Å². The predicted molar refractivity (Wildman–Crippen MR) is 60.4 cm³/mol. The Bertz CT molecular complexity index is 481. The molecule has 0 spiro atoms. The Morgan fingerprint density at radius 3 is 2.94 bits per heavy atom. The summed E-state index contributed by atoms with van der Waals surface area (Å²) in [6.07, 6.45) is 0.620. The number of rotatable bonds is 3. The van der Waals surface area contributed by atoms with Crippen LogP contribution in [-0.2, 0) is 16.1 Å². The van der Waals surface area contributed by atoms with Gasteiger partial charge in [-0.3, -0.25) is 9.59 Å². The highest BCUT2D eigenvalue weighted by molar-refractivity contribution is 6.39. The minimum absolute atomic E-state index is 0.181. The van der Waals surface area contributed by atoms with Crippen molar-refractivity contribution < 1.29 is 14.0 Å². The lowest BCUT2D eigenvalue weighted by atomic mass is 10.1. The molecular formula is C10H10ClN3O3. The Kier molecular flexibility index (Phi) is 3.43. The Morgan fingerprint density at radius 2 is 2.35 bits per heavy atom. The highest BCUT2D eigenvalue weighted by Gasteiger charge is 2.18. The maximum Gasteiger partial charge on any atom is 0.267 e. The Hall–Kier alpha value is -1.82. The van der Waals surface area contributed by atoms with Crippen LogP contribution in [0.4, 0.5) is 0 Å². The van der Waals surface area contributed by atoms with Crippen molar-refractivity contribution in [1.29, 1.82) is 0 Å². The zero-order valence-electron chi connectivity index (χ0n) is 8.83. The van der Waals surface area contributed by atoms with Gasteiger partial charge in [0.15, 0.2) is 5.22 Å². The fourth-order valence-electron chi connectivity index (χ4n) is 1.35. The fraction of sp³-hybridized carbons (Fsp3) is 0.300. The average Bonchev–Trinajstić information content (AvgIpc) is 2.73. The van der Waals surface area contributed by atoms with E-state index in [1.807, 2.05) is 0 Å². The van der Waals surface area contributed by atoms with Gasteiger partial charge < -0.3 is 9.73 Å². The maximum atomic E-state index is 11.6. The second-order valence-corrected chi connectivity index (χ2v) is 3.85. The van der Waals surface area contributed by atoms with Gasteiger partial charge in [-0.15, -0.1) is 0 Å². The van der Waals surface area contributed by atoms with Crippen LogP contribution in [0.2, 0.25) is 5.22 Å². The van der Waals surface area contributed by atoms with Crippen LogP contribution in [0.25, 0.3) is 0 Å². The number of hydrogen-bond acceptors (Lipinski definition) is 4. The number of nitrogens with zero attached hydrogens (tertiary/aromatic N) is 1. The van der Waals surface area contributed by atoms with Crippen molar-refractivity contribution in [1.82, 2.24) is 10.7 Å². The third kappa shape index (κ3) is 3.07. The van der Waals surface area contributed by atoms with Crippen LogP contribution in [0.3, 0.4) is 0 Å². The smallest absolute Gasteiger partial charge is 0.267 e. The SMILES string of the molecule is O=C1CCC(C(=O)NCc2ccc(Cl)o2)=NN1. The first-order chi connectivity index (χ1) is 8.15. The molecule has 7 heteroatoms. The minimum Gasteiger partial charge on any atom is -0.448 e. The Morgan fingerprint density at radius 1 is 1.53 bits per heavy atom. The van der Waals surface area contributed by atoms with Crippen LogP contribution < -0.4 is 10.7 Å². The summed E-state index contributed by atoms with van der Waals surface area (Å²) in [4.78, 5) is 22.5. The van der Waals surface area contributed by atoms with E-state index in [2.05, 4.69) is 15.8 Å². The van der Waals surface area contributed by atoms with Gasteiger partial charge in [0.2, 0.25) is 5.91 Å². The van der Waals surface area contributed by atoms with Crippen LogP contribution in [0.15, 0.2) is 21.7 Å². The molecule has 0 bridgehead atoms. The van der Waals surface area contributed by atoms with E-state index in [-0.39, 0.29) is 30.0 Å². The van der Waals surface area contributed by atoms with Gasteiger partial charge in [0.25, 0.3) is 5.91 Å². The molecule has 0 unspecified atom stereocenters. The van der Waals surface area contributed by atoms with Gasteiger partial charge in [0, 0.05) is 12.8 Å². The van der Waals surface area contributed by atoms with Crippen LogP contribution >= 0.6 is 11.6 Å². The van der Waals surface area contributed by atoms with E-state index in [0.29, 0.717) is 17.9 Å². The summed E-state index contributed by atoms with van der Waals surface area (Å²) in [5.41, 5.74) is 2.57. The van der Waals surface area contributed by atoms with Gasteiger partial charge in [-0.2, -0.15) is 5.10 Å². The number of halogens is 1. The molecule has 1 aromatic heterocycles. The number of amides is 2. The number of furan rings is 1. The first-order valence-corrected chi connectivity index (χ1v) is 5.41. The highest BCUT2D eigenvalue weighted by atomic mass is 35.5. The zero-order valence-corrected chi connectivity index (χ0v) is 9.58. The quantitative estimate of drug-likeness (QED) is 0.839. The number of carbonyl (C=O) groups excluding carboxylic acids is 2. The van der Waals surface area contributed by atoms with E-state index in [1.54, 1.807) is 12.1 Å². The summed E-state index contributed by atoms with van der Waals surface area (Å²) < 4.78 is 5.08. The third-order valence-corrected chi connectivity index (χ3v) is 2.42. The van der Waals surface area contributed by atoms with Crippen LogP contribution in [-0.4, -0.2) is 17.5 Å². The van der Waals surface area contributed by atoms with Crippen LogP contribution in [0, 0.1) is 0 Å². The molecule has 2 amide bonds. The van der Waals surface area contributed by atoms with Crippen molar-refractivity contribution in [2.45, 2.75) is 19.4 Å². The summed E-state index contributed by atoms with van der Waals surface area (Å²) in [7, 11) is 0. The molecule has 0 saturated heterocycles. The molecule has 90 valence electrons. The van der Waals surface area contributed by atoms with Crippen molar-refractivity contribution >= 4 is 29.1 Å². The standard InChI is InChI=1S/C10H10ClN3O3/c11-8-3-1-6(17-8)5-12-10(16)7-2-4-9(15)14-13-7/h1,3H,2,4-5H2,(H,12,16)(H,14,15). The van der Waals surface area contributed by atoms with Crippen molar-refractivity contribution in [2.75, 3.05) is 0 Å². The summed E-state index contributed by atoms with van der Waals surface area (Å²) in [5, 5.41) is 6.57. The summed E-state index contributed by atoms with van der Waals surface area (Å²) in [6, 6.07) is 3.27. The number of nitrogens with one attached hydrogen (secondary N) is 2. The van der Waals surface area contributed by atoms with E-state index in [0.717, 1.165) is 0 Å². The van der Waals surface area contributed by atoms with Crippen molar-refractivity contribution in [3.63, 3.8) is 0 Å². The normalized spacial score (nSPS) is 15.1. The second kappa shape index (κ2) is 5.01. The van der Waals surface area contributed by atoms with Crippen molar-refractivity contribution in [3.8, 4) is 0 Å². The van der Waals surface area contributed by atoms with Crippen molar-refractivity contribution in [2.24, 2.45) is 5.10 Å². The van der Waals surface area contributed by atoms with E-state index in [9.17, 15) is 9.59 Å². The monoisotopic (exact) mass is 255 g/mol. The van der Waals surface area contributed by atoms with E-state index in [4.69, 9.17) is 16.0 Å². The van der Waals surface area contributed by atoms with E-state index < -0.39 is 0 Å². The molecule has 2 rings (SSSR count). The molecule has 0 fully saturated rings. The van der Waals surface area contributed by atoms with Gasteiger partial charge in [-0.25, -0.2) is 5.43 Å². The van der Waals surface area contributed by atoms with Gasteiger partial charge in [0.05, 0.1) is 6.54 Å². The van der Waals surface area contributed by atoms with Gasteiger partial charge in [-0.1, -0.05) is 0 Å². The molecule has 1 aliphatic heterocycles. The Balaban J connectivity index is 1.87. The minimum atomic E-state index is -0.322. The third-order valence-electron chi connectivity index (χ3n) is 2.22. The number of carbonyl (C=O) groups is 2. The number of hydrazone groups is 1. The van der Waals surface area contributed by atoms with Gasteiger partial charge in [0.1, 0.15) is 11.5 Å². The number of hydrogen-bond donors (Lipinski definition) is 2. The zero-order chi connectivity index (χ0) is 12.3. The largest absolute Gasteiger partial charge is 0.448 e. The molecule has 17 heavy (non-hydrogen) atoms. The van der Waals surface area contributed by atoms with Crippen LogP contribution in [0.1, 0.15) is 18.6 Å². The average molecular weight is 256 g/mol. The molecular weight excluding hydrogens is 246 g/mol. The molecule has 1 aromatic rings. The lowest BCUT2D eigenvalue weighted by Gasteiger charge is -2.11. The predicted octanol–water partition coefficient (Wildman–Crippen LogP) is 0.815. The first kappa shape index (κ1) is 11.7. The maximum absolute atomic E-state index is 11.6. The molecule has 0 aliphatic carbocycles. The van der Waals surface area contributed by atoms with Gasteiger partial charge >= 0.3 is 0 Å².